The number of carboxylic acids is 1. The van der Waals surface area contributed by atoms with Crippen LogP contribution in [0.15, 0.2) is 78.9 Å². The second-order valence-corrected chi connectivity index (χ2v) is 8.79. The molecule has 2 aromatic heterocycles. The Morgan fingerprint density at radius 2 is 1.73 bits per heavy atom. The molecule has 0 radical (unpaired) electrons. The van der Waals surface area contributed by atoms with E-state index in [1.54, 1.807) is 0 Å². The molecular formula is C27H21NO4S. The Morgan fingerprint density at radius 1 is 0.909 bits per heavy atom. The molecule has 0 aliphatic rings. The fourth-order valence-electron chi connectivity index (χ4n) is 3.73. The molecule has 5 aromatic rings. The molecule has 0 fully saturated rings. The van der Waals surface area contributed by atoms with Crippen LogP contribution < -0.4 is 9.47 Å². The van der Waals surface area contributed by atoms with E-state index in [1.807, 2.05) is 79.7 Å². The number of nitrogens with zero attached hydrogens (tertiary/aromatic N) is 1. The van der Waals surface area contributed by atoms with Gasteiger partial charge in [0.1, 0.15) is 29.6 Å². The number of thiophene rings is 1. The lowest BCUT2D eigenvalue weighted by Gasteiger charge is -2.10. The fraction of sp³-hybridized carbons (Fsp3) is 0.111. The number of pyridine rings is 1. The molecule has 0 spiro atoms. The standard InChI is InChI=1S/C27H21NO4S/c1-17-23-14-22(11-12-25(23)33-26(17)27(29)30)31-15-18-5-4-7-21(13-18)32-16-20-10-9-19-6-2-3-8-24(19)28-20/h2-14H,15-16H2,1H3,(H,29,30). The summed E-state index contributed by atoms with van der Waals surface area (Å²) in [4.78, 5) is 16.4. The van der Waals surface area contributed by atoms with Crippen molar-refractivity contribution >= 4 is 38.3 Å². The Balaban J connectivity index is 1.25. The average molecular weight is 456 g/mol. The van der Waals surface area contributed by atoms with E-state index in [4.69, 9.17) is 9.47 Å². The molecule has 0 atom stereocenters. The highest BCUT2D eigenvalue weighted by molar-refractivity contribution is 7.21. The van der Waals surface area contributed by atoms with Gasteiger partial charge in [0.2, 0.25) is 0 Å². The summed E-state index contributed by atoms with van der Waals surface area (Å²) in [6.45, 7) is 2.60. The van der Waals surface area contributed by atoms with Crippen molar-refractivity contribution in [3.8, 4) is 11.5 Å². The molecule has 0 aliphatic carbocycles. The van der Waals surface area contributed by atoms with Crippen LogP contribution in [0.4, 0.5) is 0 Å². The number of hydrogen-bond donors (Lipinski definition) is 1. The first-order valence-corrected chi connectivity index (χ1v) is 11.3. The maximum absolute atomic E-state index is 11.4. The SMILES string of the molecule is Cc1c(C(=O)O)sc2ccc(OCc3cccc(OCc4ccc5ccccc5n4)c3)cc12. The van der Waals surface area contributed by atoms with Crippen molar-refractivity contribution in [3.63, 3.8) is 0 Å². The quantitative estimate of drug-likeness (QED) is 0.299. The van der Waals surface area contributed by atoms with Crippen molar-refractivity contribution in [1.29, 1.82) is 0 Å². The number of hydrogen-bond acceptors (Lipinski definition) is 5. The lowest BCUT2D eigenvalue weighted by Crippen LogP contribution is -2.00. The van der Waals surface area contributed by atoms with E-state index in [1.165, 1.54) is 11.3 Å². The largest absolute Gasteiger partial charge is 0.489 e. The number of fused-ring (bicyclic) bond motifs is 2. The number of rotatable bonds is 7. The van der Waals surface area contributed by atoms with Crippen LogP contribution in [0.5, 0.6) is 11.5 Å². The summed E-state index contributed by atoms with van der Waals surface area (Å²) in [5.41, 5.74) is 3.57. The highest BCUT2D eigenvalue weighted by atomic mass is 32.1. The van der Waals surface area contributed by atoms with E-state index < -0.39 is 5.97 Å². The number of ether oxygens (including phenoxy) is 2. The number of aryl methyl sites for hydroxylation is 1. The zero-order valence-corrected chi connectivity index (χ0v) is 18.8. The summed E-state index contributed by atoms with van der Waals surface area (Å²) in [5, 5.41) is 11.4. The molecule has 0 bridgehead atoms. The maximum atomic E-state index is 11.4. The van der Waals surface area contributed by atoms with Gasteiger partial charge in [0.15, 0.2) is 0 Å². The second kappa shape index (κ2) is 8.92. The van der Waals surface area contributed by atoms with Crippen LogP contribution in [0.25, 0.3) is 21.0 Å². The predicted octanol–water partition coefficient (Wildman–Crippen LogP) is 6.61. The van der Waals surface area contributed by atoms with E-state index in [0.29, 0.717) is 23.8 Å². The average Bonchev–Trinajstić information content (AvgIpc) is 3.18. The summed E-state index contributed by atoms with van der Waals surface area (Å²) in [6.07, 6.45) is 0. The lowest BCUT2D eigenvalue weighted by molar-refractivity contribution is 0.0701. The molecule has 0 unspecified atom stereocenters. The van der Waals surface area contributed by atoms with Gasteiger partial charge in [0.25, 0.3) is 0 Å². The van der Waals surface area contributed by atoms with Crippen molar-refractivity contribution in [3.05, 3.63) is 101 Å². The third kappa shape index (κ3) is 4.52. The molecule has 33 heavy (non-hydrogen) atoms. The third-order valence-corrected chi connectivity index (χ3v) is 6.71. The summed E-state index contributed by atoms with van der Waals surface area (Å²) in [5.74, 6) is 0.556. The first-order chi connectivity index (χ1) is 16.1. The Morgan fingerprint density at radius 3 is 2.61 bits per heavy atom. The van der Waals surface area contributed by atoms with E-state index in [9.17, 15) is 9.90 Å². The van der Waals surface area contributed by atoms with Gasteiger partial charge in [0.05, 0.1) is 11.2 Å². The Labute approximate surface area is 194 Å². The lowest BCUT2D eigenvalue weighted by atomic mass is 10.1. The van der Waals surface area contributed by atoms with Gasteiger partial charge in [-0.25, -0.2) is 9.78 Å². The van der Waals surface area contributed by atoms with Crippen molar-refractivity contribution in [2.45, 2.75) is 20.1 Å². The molecule has 0 aliphatic heterocycles. The molecule has 3 aromatic carbocycles. The van der Waals surface area contributed by atoms with Gasteiger partial charge < -0.3 is 14.6 Å². The highest BCUT2D eigenvalue weighted by Crippen LogP contribution is 2.33. The number of para-hydroxylation sites is 1. The van der Waals surface area contributed by atoms with Gasteiger partial charge in [-0.3, -0.25) is 0 Å². The van der Waals surface area contributed by atoms with Gasteiger partial charge in [0, 0.05) is 10.1 Å². The van der Waals surface area contributed by atoms with Crippen molar-refractivity contribution in [1.82, 2.24) is 4.98 Å². The minimum Gasteiger partial charge on any atom is -0.489 e. The summed E-state index contributed by atoms with van der Waals surface area (Å²) < 4.78 is 12.9. The van der Waals surface area contributed by atoms with Gasteiger partial charge in [-0.1, -0.05) is 36.4 Å². The molecule has 0 saturated heterocycles. The third-order valence-electron chi connectivity index (χ3n) is 5.45. The van der Waals surface area contributed by atoms with Gasteiger partial charge in [-0.05, 0) is 65.9 Å². The first kappa shape index (κ1) is 21.0. The molecule has 0 amide bonds. The van der Waals surface area contributed by atoms with Crippen LogP contribution in [0.2, 0.25) is 0 Å². The Kier molecular flexibility index (Phi) is 5.67. The van der Waals surface area contributed by atoms with Crippen molar-refractivity contribution in [2.24, 2.45) is 0 Å². The van der Waals surface area contributed by atoms with Crippen LogP contribution in [-0.2, 0) is 13.2 Å². The normalized spacial score (nSPS) is 11.1. The molecule has 1 N–H and O–H groups in total. The number of carboxylic acid groups (broad SMARTS) is 1. The summed E-state index contributed by atoms with van der Waals surface area (Å²) >= 11 is 1.28. The summed E-state index contributed by atoms with van der Waals surface area (Å²) in [6, 6.07) is 25.5. The zero-order valence-electron chi connectivity index (χ0n) is 17.9. The molecule has 6 heteroatoms. The van der Waals surface area contributed by atoms with E-state index in [0.717, 1.165) is 43.6 Å². The molecular weight excluding hydrogens is 434 g/mol. The fourth-order valence-corrected chi connectivity index (χ4v) is 4.76. The predicted molar refractivity (Wildman–Crippen MR) is 130 cm³/mol. The Hall–Kier alpha value is -3.90. The van der Waals surface area contributed by atoms with Gasteiger partial charge in [-0.15, -0.1) is 11.3 Å². The number of carbonyl (C=O) groups is 1. The van der Waals surface area contributed by atoms with E-state index in [-0.39, 0.29) is 0 Å². The van der Waals surface area contributed by atoms with Crippen molar-refractivity contribution in [2.75, 3.05) is 0 Å². The molecule has 5 nitrogen and oxygen atoms in total. The smallest absolute Gasteiger partial charge is 0.346 e. The molecule has 2 heterocycles. The number of aromatic carboxylic acids is 1. The number of benzene rings is 3. The molecule has 5 rings (SSSR count). The topological polar surface area (TPSA) is 68.7 Å². The molecule has 0 saturated carbocycles. The van der Waals surface area contributed by atoms with Crippen LogP contribution >= 0.6 is 11.3 Å². The first-order valence-electron chi connectivity index (χ1n) is 10.5. The second-order valence-electron chi connectivity index (χ2n) is 7.74. The van der Waals surface area contributed by atoms with Crippen LogP contribution in [0.3, 0.4) is 0 Å². The molecule has 164 valence electrons. The monoisotopic (exact) mass is 455 g/mol. The van der Waals surface area contributed by atoms with Gasteiger partial charge >= 0.3 is 5.97 Å². The van der Waals surface area contributed by atoms with Crippen LogP contribution in [-0.4, -0.2) is 16.1 Å². The minimum absolute atomic E-state index is 0.368. The number of aromatic nitrogens is 1. The van der Waals surface area contributed by atoms with E-state index >= 15 is 0 Å². The Bertz CT molecular complexity index is 1470. The van der Waals surface area contributed by atoms with Crippen LogP contribution in [0, 0.1) is 6.92 Å². The maximum Gasteiger partial charge on any atom is 0.346 e. The van der Waals surface area contributed by atoms with Crippen LogP contribution in [0.1, 0.15) is 26.5 Å². The zero-order chi connectivity index (χ0) is 22.8. The summed E-state index contributed by atoms with van der Waals surface area (Å²) in [7, 11) is 0. The van der Waals surface area contributed by atoms with Gasteiger partial charge in [-0.2, -0.15) is 0 Å². The highest BCUT2D eigenvalue weighted by Gasteiger charge is 2.14. The van der Waals surface area contributed by atoms with Crippen molar-refractivity contribution < 1.29 is 19.4 Å². The van der Waals surface area contributed by atoms with E-state index in [2.05, 4.69) is 11.1 Å². The minimum atomic E-state index is -0.896.